The normalized spacial score (nSPS) is 14.5. The van der Waals surface area contributed by atoms with Crippen LogP contribution in [0.3, 0.4) is 0 Å². The fourth-order valence-electron chi connectivity index (χ4n) is 4.22. The van der Waals surface area contributed by atoms with E-state index in [-0.39, 0.29) is 28.5 Å². The number of nitrogens with zero attached hydrogens (tertiary/aromatic N) is 7. The molecule has 5 rings (SSSR count). The summed E-state index contributed by atoms with van der Waals surface area (Å²) >= 11 is 5.96. The molecule has 0 spiro atoms. The molecule has 1 aliphatic heterocycles. The Hall–Kier alpha value is -3.79. The first-order valence-corrected chi connectivity index (χ1v) is 11.2. The molecule has 11 heteroatoms. The Labute approximate surface area is 200 Å². The number of carbonyl (C=O) groups is 1. The Kier molecular flexibility index (Phi) is 5.74. The molecule has 1 amide bonds. The summed E-state index contributed by atoms with van der Waals surface area (Å²) in [4.78, 5) is 17.8. The summed E-state index contributed by atoms with van der Waals surface area (Å²) in [6, 6.07) is 6.77. The van der Waals surface area contributed by atoms with Crippen molar-refractivity contribution in [1.82, 2.24) is 34.4 Å². The lowest BCUT2D eigenvalue weighted by Gasteiger charge is -2.31. The highest BCUT2D eigenvalue weighted by Crippen LogP contribution is 2.32. The lowest BCUT2D eigenvalue weighted by molar-refractivity contribution is -0.130. The Balaban J connectivity index is 1.45. The van der Waals surface area contributed by atoms with Crippen molar-refractivity contribution in [3.63, 3.8) is 0 Å². The zero-order valence-electron chi connectivity index (χ0n) is 18.4. The van der Waals surface area contributed by atoms with Crippen LogP contribution in [0.25, 0.3) is 28.2 Å². The number of halogens is 2. The van der Waals surface area contributed by atoms with E-state index >= 15 is 0 Å². The minimum absolute atomic E-state index is 0.00134. The van der Waals surface area contributed by atoms with Crippen LogP contribution in [0.15, 0.2) is 49.2 Å². The minimum atomic E-state index is -0.579. The maximum Gasteiger partial charge on any atom is 0.219 e. The number of nitrogen functional groups attached to an aromatic ring is 1. The van der Waals surface area contributed by atoms with Gasteiger partial charge < -0.3 is 10.6 Å². The minimum Gasteiger partial charge on any atom is -0.383 e. The number of carbonyl (C=O) groups excluding carboxylic acids is 1. The molecule has 4 aromatic rings. The quantitative estimate of drug-likeness (QED) is 0.476. The van der Waals surface area contributed by atoms with E-state index in [0.717, 1.165) is 37.1 Å². The summed E-state index contributed by atoms with van der Waals surface area (Å²) in [5, 5.41) is 12.7. The molecule has 0 radical (unpaired) electrons. The van der Waals surface area contributed by atoms with Gasteiger partial charge in [0.05, 0.1) is 28.5 Å². The first-order valence-electron chi connectivity index (χ1n) is 10.8. The second-order valence-corrected chi connectivity index (χ2v) is 8.61. The number of hydrogen-bond acceptors (Lipinski definition) is 6. The van der Waals surface area contributed by atoms with Crippen LogP contribution >= 0.6 is 11.6 Å². The SMILES string of the molecule is CC(=O)N1CCC(n2cc(-c3cnc(N)c(-c4nncn4-c4cccc(Cl)c4F)c3)cn2)CC1. The number of aromatic nitrogens is 6. The zero-order valence-corrected chi connectivity index (χ0v) is 19.2. The third-order valence-electron chi connectivity index (χ3n) is 6.12. The standard InChI is InChI=1S/C23H22ClFN8O/c1-14(34)31-7-5-17(6-8-31)33-12-16(11-29-33)15-9-18(22(26)27-10-15)23-30-28-13-32(23)20-4-2-3-19(24)21(20)25/h2-4,9-13,17H,5-8H2,1H3,(H2,26,27). The molecule has 1 aromatic carbocycles. The molecule has 9 nitrogen and oxygen atoms in total. The highest BCUT2D eigenvalue weighted by Gasteiger charge is 2.23. The molecule has 0 aliphatic carbocycles. The molecule has 4 heterocycles. The van der Waals surface area contributed by atoms with E-state index in [1.165, 1.54) is 17.0 Å². The van der Waals surface area contributed by atoms with Gasteiger partial charge in [0, 0.05) is 43.5 Å². The lowest BCUT2D eigenvalue weighted by atomic mass is 10.0. The maximum absolute atomic E-state index is 14.7. The van der Waals surface area contributed by atoms with E-state index in [1.54, 1.807) is 31.5 Å². The molecule has 1 aliphatic rings. The van der Waals surface area contributed by atoms with Gasteiger partial charge in [0.25, 0.3) is 0 Å². The fourth-order valence-corrected chi connectivity index (χ4v) is 4.39. The number of benzene rings is 1. The zero-order chi connectivity index (χ0) is 23.8. The molecular weight excluding hydrogens is 459 g/mol. The van der Waals surface area contributed by atoms with Gasteiger partial charge >= 0.3 is 0 Å². The van der Waals surface area contributed by atoms with Crippen LogP contribution in [0, 0.1) is 5.82 Å². The van der Waals surface area contributed by atoms with Crippen LogP contribution in [-0.2, 0) is 4.79 Å². The van der Waals surface area contributed by atoms with Crippen molar-refractivity contribution in [2.75, 3.05) is 18.8 Å². The Morgan fingerprint density at radius 3 is 2.76 bits per heavy atom. The third-order valence-corrected chi connectivity index (χ3v) is 6.41. The number of nitrogens with two attached hydrogens (primary N) is 1. The van der Waals surface area contributed by atoms with Crippen LogP contribution in [0.4, 0.5) is 10.2 Å². The highest BCUT2D eigenvalue weighted by molar-refractivity contribution is 6.30. The summed E-state index contributed by atoms with van der Waals surface area (Å²) in [5.41, 5.74) is 8.54. The largest absolute Gasteiger partial charge is 0.383 e. The number of rotatable bonds is 4. The second-order valence-electron chi connectivity index (χ2n) is 8.20. The summed E-state index contributed by atoms with van der Waals surface area (Å²) in [7, 11) is 0. The van der Waals surface area contributed by atoms with Crippen molar-refractivity contribution in [2.45, 2.75) is 25.8 Å². The van der Waals surface area contributed by atoms with Crippen molar-refractivity contribution >= 4 is 23.3 Å². The summed E-state index contributed by atoms with van der Waals surface area (Å²) in [5.74, 6) is 0.108. The number of anilines is 1. The predicted octanol–water partition coefficient (Wildman–Crippen LogP) is 3.75. The van der Waals surface area contributed by atoms with Crippen LogP contribution < -0.4 is 5.73 Å². The number of pyridine rings is 1. The van der Waals surface area contributed by atoms with Gasteiger partial charge in [-0.15, -0.1) is 10.2 Å². The van der Waals surface area contributed by atoms with Crippen molar-refractivity contribution < 1.29 is 9.18 Å². The van der Waals surface area contributed by atoms with Crippen LogP contribution in [0.5, 0.6) is 0 Å². The van der Waals surface area contributed by atoms with E-state index in [9.17, 15) is 9.18 Å². The number of amides is 1. The monoisotopic (exact) mass is 480 g/mol. The summed E-state index contributed by atoms with van der Waals surface area (Å²) in [6.07, 6.45) is 8.50. The van der Waals surface area contributed by atoms with Gasteiger partial charge in [-0.1, -0.05) is 17.7 Å². The molecule has 34 heavy (non-hydrogen) atoms. The molecule has 0 atom stereocenters. The first kappa shape index (κ1) is 22.0. The molecule has 0 unspecified atom stereocenters. The molecule has 1 saturated heterocycles. The lowest BCUT2D eigenvalue weighted by Crippen LogP contribution is -2.37. The van der Waals surface area contributed by atoms with Crippen molar-refractivity contribution in [2.24, 2.45) is 0 Å². The second kappa shape index (κ2) is 8.86. The average molecular weight is 481 g/mol. The van der Waals surface area contributed by atoms with Gasteiger partial charge in [-0.05, 0) is 31.0 Å². The molecule has 0 bridgehead atoms. The van der Waals surface area contributed by atoms with E-state index < -0.39 is 5.82 Å². The maximum atomic E-state index is 14.7. The number of piperidine rings is 1. The van der Waals surface area contributed by atoms with E-state index in [2.05, 4.69) is 20.3 Å². The van der Waals surface area contributed by atoms with E-state index in [4.69, 9.17) is 17.3 Å². The van der Waals surface area contributed by atoms with Gasteiger partial charge in [-0.2, -0.15) is 5.10 Å². The topological polar surface area (TPSA) is 108 Å². The van der Waals surface area contributed by atoms with Gasteiger partial charge in [-0.25, -0.2) is 9.37 Å². The molecular formula is C23H22ClFN8O. The van der Waals surface area contributed by atoms with E-state index in [1.807, 2.05) is 21.8 Å². The first-order chi connectivity index (χ1) is 16.4. The van der Waals surface area contributed by atoms with Gasteiger partial charge in [0.15, 0.2) is 11.6 Å². The molecule has 174 valence electrons. The van der Waals surface area contributed by atoms with Crippen molar-refractivity contribution in [1.29, 1.82) is 0 Å². The third kappa shape index (κ3) is 4.01. The Morgan fingerprint density at radius 2 is 2.00 bits per heavy atom. The molecule has 3 aromatic heterocycles. The Bertz CT molecular complexity index is 1360. The van der Waals surface area contributed by atoms with Gasteiger partial charge in [-0.3, -0.25) is 14.0 Å². The van der Waals surface area contributed by atoms with Crippen LogP contribution in [0.2, 0.25) is 5.02 Å². The summed E-state index contributed by atoms with van der Waals surface area (Å²) < 4.78 is 18.1. The fraction of sp³-hybridized carbons (Fsp3) is 0.261. The van der Waals surface area contributed by atoms with Crippen LogP contribution in [0.1, 0.15) is 25.8 Å². The van der Waals surface area contributed by atoms with Crippen molar-refractivity contribution in [3.8, 4) is 28.2 Å². The van der Waals surface area contributed by atoms with Gasteiger partial charge in [0.2, 0.25) is 5.91 Å². The van der Waals surface area contributed by atoms with Crippen molar-refractivity contribution in [3.05, 3.63) is 60.0 Å². The molecule has 0 saturated carbocycles. The van der Waals surface area contributed by atoms with Crippen LogP contribution in [-0.4, -0.2) is 53.4 Å². The Morgan fingerprint density at radius 1 is 1.21 bits per heavy atom. The summed E-state index contributed by atoms with van der Waals surface area (Å²) in [6.45, 7) is 3.04. The van der Waals surface area contributed by atoms with E-state index in [0.29, 0.717) is 11.4 Å². The number of likely N-dealkylation sites (tertiary alicyclic amines) is 1. The van der Waals surface area contributed by atoms with Gasteiger partial charge in [0.1, 0.15) is 12.1 Å². The predicted molar refractivity (Wildman–Crippen MR) is 126 cm³/mol. The average Bonchev–Trinajstić information content (AvgIpc) is 3.52. The highest BCUT2D eigenvalue weighted by atomic mass is 35.5. The smallest absolute Gasteiger partial charge is 0.219 e. The molecule has 2 N–H and O–H groups in total. The number of hydrogen-bond donors (Lipinski definition) is 1. The molecule has 1 fully saturated rings.